The minimum atomic E-state index is -2.38. The lowest BCUT2D eigenvalue weighted by Gasteiger charge is -2.27. The number of allylic oxidation sites excluding steroid dienone is 1. The number of hydrogen-bond acceptors (Lipinski definition) is 8. The molecule has 242 valence electrons. The Labute approximate surface area is 263 Å². The zero-order chi connectivity index (χ0) is 33.8. The minimum absolute atomic E-state index is 0.0564. The number of fused-ring (bicyclic) bond motifs is 1. The lowest BCUT2D eigenvalue weighted by molar-refractivity contribution is -0.136. The molecule has 1 aliphatic heterocycles. The van der Waals surface area contributed by atoms with Gasteiger partial charge in [0.15, 0.2) is 23.9 Å². The lowest BCUT2D eigenvalue weighted by atomic mass is 9.83. The van der Waals surface area contributed by atoms with Crippen molar-refractivity contribution in [2.45, 2.75) is 19.4 Å². The van der Waals surface area contributed by atoms with Gasteiger partial charge in [0.25, 0.3) is 0 Å². The van der Waals surface area contributed by atoms with Gasteiger partial charge in [0.05, 0.1) is 12.5 Å². The number of benzene rings is 4. The molecule has 4 aromatic rings. The molecule has 0 saturated carbocycles. The molecule has 47 heavy (non-hydrogen) atoms. The van der Waals surface area contributed by atoms with Crippen LogP contribution >= 0.6 is 0 Å². The first kappa shape index (κ1) is 32.6. The summed E-state index contributed by atoms with van der Waals surface area (Å²) in [6.45, 7) is 0.726. The molecule has 8 nitrogen and oxygen atoms in total. The van der Waals surface area contributed by atoms with E-state index in [4.69, 9.17) is 24.7 Å². The fraction of sp³-hybridized carbons (Fsp3) is 0.152. The molecule has 0 radical (unpaired) electrons. The Morgan fingerprint density at radius 3 is 2.26 bits per heavy atom. The molecule has 0 saturated heterocycles. The van der Waals surface area contributed by atoms with Crippen molar-refractivity contribution in [3.63, 3.8) is 0 Å². The number of nitrogens with two attached hydrogens (primary N) is 1. The number of rotatable bonds is 10. The lowest BCUT2D eigenvalue weighted by Crippen LogP contribution is -2.22. The van der Waals surface area contributed by atoms with Crippen molar-refractivity contribution in [2.24, 2.45) is 5.73 Å². The van der Waals surface area contributed by atoms with Crippen molar-refractivity contribution < 1.29 is 54.8 Å². The second-order valence-electron chi connectivity index (χ2n) is 9.81. The van der Waals surface area contributed by atoms with Gasteiger partial charge in [-0.05, 0) is 36.8 Å². The number of hydrogen-bond donors (Lipinski definition) is 1. The predicted octanol–water partition coefficient (Wildman–Crippen LogP) is 6.70. The first-order valence-corrected chi connectivity index (χ1v) is 13.7. The Hall–Kier alpha value is -5.84. The third kappa shape index (κ3) is 6.60. The van der Waals surface area contributed by atoms with E-state index < -0.39 is 59.1 Å². The molecule has 0 spiro atoms. The van der Waals surface area contributed by atoms with E-state index in [1.807, 2.05) is 6.07 Å². The van der Waals surface area contributed by atoms with Crippen LogP contribution in [0.25, 0.3) is 0 Å². The number of halogens is 6. The van der Waals surface area contributed by atoms with Gasteiger partial charge in [-0.15, -0.1) is 0 Å². The zero-order valence-corrected chi connectivity index (χ0v) is 24.2. The maximum atomic E-state index is 14.1. The molecule has 2 N–H and O–H groups in total. The average molecular weight is 657 g/mol. The molecule has 1 aliphatic rings. The van der Waals surface area contributed by atoms with Gasteiger partial charge in [-0.1, -0.05) is 30.3 Å². The standard InChI is InChI=1S/C33H22F6N2O6/c1-2-43-24-11-16(7-10-22(24)44-14-17-5-3-4-6-21(17)34)26-19-9-8-18(12-23(19)47-33(41)20(26)13-40)46-25(42)15-45-32-30(38)28(36)27(35)29(37)31(32)39/h3-12,26H,2,14-15,41H2,1H3. The maximum absolute atomic E-state index is 14.1. The Kier molecular flexibility index (Phi) is 9.46. The maximum Gasteiger partial charge on any atom is 0.349 e. The summed E-state index contributed by atoms with van der Waals surface area (Å²) in [6.07, 6.45) is 0. The fourth-order valence-electron chi connectivity index (χ4n) is 4.71. The van der Waals surface area contributed by atoms with Crippen molar-refractivity contribution in [2.75, 3.05) is 13.2 Å². The summed E-state index contributed by atoms with van der Waals surface area (Å²) in [5.74, 6) is -15.2. The third-order valence-corrected chi connectivity index (χ3v) is 6.87. The van der Waals surface area contributed by atoms with E-state index in [9.17, 15) is 36.4 Å². The number of nitrogens with zero attached hydrogens (tertiary/aromatic N) is 1. The first-order valence-electron chi connectivity index (χ1n) is 13.7. The molecule has 0 amide bonds. The number of esters is 1. The highest BCUT2D eigenvalue weighted by molar-refractivity contribution is 5.74. The molecule has 14 heteroatoms. The highest BCUT2D eigenvalue weighted by Crippen LogP contribution is 2.45. The topological polar surface area (TPSA) is 113 Å². The molecule has 0 aliphatic carbocycles. The molecule has 1 atom stereocenters. The number of carbonyl (C=O) groups excluding carboxylic acids is 1. The van der Waals surface area contributed by atoms with Crippen LogP contribution in [0.5, 0.6) is 28.7 Å². The Bertz CT molecular complexity index is 1910. The molecular formula is C33H22F6N2O6. The monoisotopic (exact) mass is 656 g/mol. The van der Waals surface area contributed by atoms with E-state index in [0.717, 1.165) is 0 Å². The molecule has 0 fully saturated rings. The van der Waals surface area contributed by atoms with E-state index >= 15 is 0 Å². The zero-order valence-electron chi connectivity index (χ0n) is 24.2. The largest absolute Gasteiger partial charge is 0.490 e. The first-order chi connectivity index (χ1) is 22.5. The van der Waals surface area contributed by atoms with E-state index in [-0.39, 0.29) is 36.2 Å². The van der Waals surface area contributed by atoms with Crippen LogP contribution in [0.2, 0.25) is 0 Å². The molecule has 0 bridgehead atoms. The highest BCUT2D eigenvalue weighted by atomic mass is 19.2. The van der Waals surface area contributed by atoms with Gasteiger partial charge in [-0.3, -0.25) is 0 Å². The number of ether oxygens (including phenoxy) is 5. The van der Waals surface area contributed by atoms with Gasteiger partial charge in [-0.2, -0.15) is 14.0 Å². The average Bonchev–Trinajstić information content (AvgIpc) is 3.06. The molecule has 4 aromatic carbocycles. The fourth-order valence-corrected chi connectivity index (χ4v) is 4.71. The Balaban J connectivity index is 1.38. The SMILES string of the molecule is CCOc1cc(C2C(C#N)=C(N)Oc3cc(OC(=O)COc4c(F)c(F)c(F)c(F)c4F)ccc32)ccc1OCc1ccccc1F. The van der Waals surface area contributed by atoms with Crippen LogP contribution in [-0.2, 0) is 11.4 Å². The van der Waals surface area contributed by atoms with Crippen molar-refractivity contribution in [1.82, 2.24) is 0 Å². The molecule has 1 heterocycles. The van der Waals surface area contributed by atoms with Crippen molar-refractivity contribution in [3.8, 4) is 34.8 Å². The van der Waals surface area contributed by atoms with Crippen LogP contribution in [0.1, 0.15) is 29.5 Å². The van der Waals surface area contributed by atoms with Crippen LogP contribution in [0, 0.1) is 46.2 Å². The molecule has 0 aromatic heterocycles. The van der Waals surface area contributed by atoms with E-state index in [0.29, 0.717) is 28.2 Å². The molecule has 1 unspecified atom stereocenters. The summed E-state index contributed by atoms with van der Waals surface area (Å²) in [5.41, 5.74) is 7.42. The number of nitriles is 1. The van der Waals surface area contributed by atoms with Crippen LogP contribution in [0.4, 0.5) is 26.3 Å². The third-order valence-electron chi connectivity index (χ3n) is 6.87. The highest BCUT2D eigenvalue weighted by Gasteiger charge is 2.32. The van der Waals surface area contributed by atoms with Crippen LogP contribution in [0.15, 0.2) is 72.1 Å². The van der Waals surface area contributed by atoms with E-state index in [2.05, 4.69) is 4.74 Å². The van der Waals surface area contributed by atoms with Crippen LogP contribution in [0.3, 0.4) is 0 Å². The van der Waals surface area contributed by atoms with Crippen LogP contribution < -0.4 is 29.4 Å². The Morgan fingerprint density at radius 2 is 1.57 bits per heavy atom. The van der Waals surface area contributed by atoms with Gasteiger partial charge >= 0.3 is 5.97 Å². The smallest absolute Gasteiger partial charge is 0.349 e. The minimum Gasteiger partial charge on any atom is -0.490 e. The molecule has 5 rings (SSSR count). The van der Waals surface area contributed by atoms with Crippen molar-refractivity contribution in [1.29, 1.82) is 5.26 Å². The predicted molar refractivity (Wildman–Crippen MR) is 151 cm³/mol. The summed E-state index contributed by atoms with van der Waals surface area (Å²) >= 11 is 0. The Morgan fingerprint density at radius 1 is 0.872 bits per heavy atom. The molecular weight excluding hydrogens is 634 g/mol. The number of carbonyl (C=O) groups is 1. The van der Waals surface area contributed by atoms with Gasteiger partial charge in [-0.25, -0.2) is 22.4 Å². The summed E-state index contributed by atoms with van der Waals surface area (Å²) in [7, 11) is 0. The van der Waals surface area contributed by atoms with Gasteiger partial charge in [0, 0.05) is 17.2 Å². The normalized spacial score (nSPS) is 13.7. The van der Waals surface area contributed by atoms with Crippen molar-refractivity contribution in [3.05, 3.63) is 124 Å². The van der Waals surface area contributed by atoms with Crippen molar-refractivity contribution >= 4 is 5.97 Å². The second kappa shape index (κ2) is 13.7. The summed E-state index contributed by atoms with van der Waals surface area (Å²) < 4.78 is 109. The summed E-state index contributed by atoms with van der Waals surface area (Å²) in [6, 6.07) is 17.1. The van der Waals surface area contributed by atoms with Gasteiger partial charge in [0.2, 0.25) is 35.0 Å². The summed E-state index contributed by atoms with van der Waals surface area (Å²) in [4.78, 5) is 12.3. The quantitative estimate of drug-likeness (QED) is 0.0660. The van der Waals surface area contributed by atoms with Crippen LogP contribution in [-0.4, -0.2) is 19.2 Å². The second-order valence-corrected chi connectivity index (χ2v) is 9.81. The van der Waals surface area contributed by atoms with Gasteiger partial charge in [0.1, 0.15) is 35.6 Å². The van der Waals surface area contributed by atoms with E-state index in [1.54, 1.807) is 43.3 Å². The summed E-state index contributed by atoms with van der Waals surface area (Å²) in [5, 5.41) is 9.93. The van der Waals surface area contributed by atoms with E-state index in [1.165, 1.54) is 24.3 Å². The van der Waals surface area contributed by atoms with Gasteiger partial charge < -0.3 is 29.4 Å².